The molecule has 128 valence electrons. The van der Waals surface area contributed by atoms with Gasteiger partial charge in [0.15, 0.2) is 0 Å². The highest BCUT2D eigenvalue weighted by Crippen LogP contribution is 2.21. The Morgan fingerprint density at radius 2 is 1.88 bits per heavy atom. The van der Waals surface area contributed by atoms with Crippen LogP contribution < -0.4 is 10.6 Å². The summed E-state index contributed by atoms with van der Waals surface area (Å²) in [5.41, 5.74) is 1.89. The predicted octanol–water partition coefficient (Wildman–Crippen LogP) is 1.87. The van der Waals surface area contributed by atoms with Crippen LogP contribution in [0.25, 0.3) is 0 Å². The number of nitrogens with zero attached hydrogens (tertiary/aromatic N) is 3. The first kappa shape index (κ1) is 17.7. The molecule has 0 aromatic carbocycles. The van der Waals surface area contributed by atoms with Crippen molar-refractivity contribution in [3.8, 4) is 0 Å². The van der Waals surface area contributed by atoms with Gasteiger partial charge in [-0.25, -0.2) is 0 Å². The molecule has 0 radical (unpaired) electrons. The predicted molar refractivity (Wildman–Crippen MR) is 91.7 cm³/mol. The van der Waals surface area contributed by atoms with Gasteiger partial charge in [-0.15, -0.1) is 0 Å². The Labute approximate surface area is 141 Å². The second kappa shape index (κ2) is 7.25. The molecule has 0 spiro atoms. The van der Waals surface area contributed by atoms with Gasteiger partial charge >= 0.3 is 0 Å². The smallest absolute Gasteiger partial charge is 0.269 e. The van der Waals surface area contributed by atoms with Crippen LogP contribution in [0.3, 0.4) is 0 Å². The molecule has 2 rings (SSSR count). The Hall–Kier alpha value is -2.70. The summed E-state index contributed by atoms with van der Waals surface area (Å²) >= 11 is 0. The number of pyridine rings is 1. The average molecular weight is 329 g/mol. The molecule has 0 saturated carbocycles. The maximum absolute atomic E-state index is 12.2. The highest BCUT2D eigenvalue weighted by molar-refractivity contribution is 5.94. The second-order valence-corrected chi connectivity index (χ2v) is 6.58. The summed E-state index contributed by atoms with van der Waals surface area (Å²) in [5, 5.41) is 9.86. The Morgan fingerprint density at radius 1 is 1.21 bits per heavy atom. The minimum absolute atomic E-state index is 0.124. The van der Waals surface area contributed by atoms with Crippen LogP contribution in [0.5, 0.6) is 0 Å². The number of anilines is 1. The Balaban J connectivity index is 1.85. The molecule has 0 aliphatic rings. The maximum atomic E-state index is 12.2. The highest BCUT2D eigenvalue weighted by Gasteiger charge is 2.21. The van der Waals surface area contributed by atoms with E-state index in [2.05, 4.69) is 20.7 Å². The van der Waals surface area contributed by atoms with E-state index in [1.54, 1.807) is 42.3 Å². The van der Waals surface area contributed by atoms with Gasteiger partial charge in [0.2, 0.25) is 5.91 Å². The number of rotatable bonds is 5. The molecule has 7 heteroatoms. The summed E-state index contributed by atoms with van der Waals surface area (Å²) in [5.74, 6) is -0.404. The van der Waals surface area contributed by atoms with Crippen LogP contribution >= 0.6 is 0 Å². The molecule has 2 aromatic rings. The Morgan fingerprint density at radius 3 is 2.46 bits per heavy atom. The van der Waals surface area contributed by atoms with E-state index in [0.29, 0.717) is 11.4 Å². The van der Waals surface area contributed by atoms with E-state index in [0.717, 1.165) is 5.69 Å². The van der Waals surface area contributed by atoms with Crippen molar-refractivity contribution in [2.24, 2.45) is 7.05 Å². The fourth-order valence-corrected chi connectivity index (χ4v) is 2.09. The lowest BCUT2D eigenvalue weighted by molar-refractivity contribution is -0.116. The standard InChI is InChI=1S/C17H23N5O2/c1-17(2,3)14-11-13(22(4)21-14)16(24)19-10-7-15(23)20-12-5-8-18-9-6-12/h5-6,8-9,11H,7,10H2,1-4H3,(H,19,24)(H,18,20,23). The lowest BCUT2D eigenvalue weighted by Gasteiger charge is -2.13. The number of carbonyl (C=O) groups excluding carboxylic acids is 2. The third-order valence-corrected chi connectivity index (χ3v) is 3.48. The number of nitrogens with one attached hydrogen (secondary N) is 2. The van der Waals surface area contributed by atoms with E-state index >= 15 is 0 Å². The highest BCUT2D eigenvalue weighted by atomic mass is 16.2. The first-order valence-corrected chi connectivity index (χ1v) is 7.80. The Bertz CT molecular complexity index is 716. The quantitative estimate of drug-likeness (QED) is 0.876. The van der Waals surface area contributed by atoms with Gasteiger partial charge in [0.05, 0.1) is 5.69 Å². The first-order valence-electron chi connectivity index (χ1n) is 7.80. The molecule has 0 unspecified atom stereocenters. The van der Waals surface area contributed by atoms with Crippen LogP contribution in [0.15, 0.2) is 30.6 Å². The van der Waals surface area contributed by atoms with Gasteiger partial charge in [0.1, 0.15) is 5.69 Å². The van der Waals surface area contributed by atoms with Gasteiger partial charge in [-0.3, -0.25) is 19.3 Å². The SMILES string of the molecule is Cn1nc(C(C)(C)C)cc1C(=O)NCCC(=O)Nc1ccncc1. The van der Waals surface area contributed by atoms with E-state index < -0.39 is 0 Å². The van der Waals surface area contributed by atoms with E-state index in [1.807, 2.05) is 20.8 Å². The molecule has 0 atom stereocenters. The number of hydrogen-bond donors (Lipinski definition) is 2. The second-order valence-electron chi connectivity index (χ2n) is 6.58. The van der Waals surface area contributed by atoms with Crippen molar-refractivity contribution in [2.75, 3.05) is 11.9 Å². The molecule has 2 N–H and O–H groups in total. The van der Waals surface area contributed by atoms with Crippen molar-refractivity contribution in [1.29, 1.82) is 0 Å². The Kier molecular flexibility index (Phi) is 5.33. The number of hydrogen-bond acceptors (Lipinski definition) is 4. The monoisotopic (exact) mass is 329 g/mol. The average Bonchev–Trinajstić information content (AvgIpc) is 2.90. The van der Waals surface area contributed by atoms with Crippen molar-refractivity contribution in [3.05, 3.63) is 42.0 Å². The minimum atomic E-state index is -0.239. The lowest BCUT2D eigenvalue weighted by Crippen LogP contribution is -2.29. The van der Waals surface area contributed by atoms with Crippen molar-refractivity contribution >= 4 is 17.5 Å². The zero-order valence-electron chi connectivity index (χ0n) is 14.5. The molecule has 0 aliphatic carbocycles. The van der Waals surface area contributed by atoms with Gasteiger partial charge in [-0.1, -0.05) is 20.8 Å². The maximum Gasteiger partial charge on any atom is 0.269 e. The molecule has 0 saturated heterocycles. The van der Waals surface area contributed by atoms with E-state index in [9.17, 15) is 9.59 Å². The summed E-state index contributed by atoms with van der Waals surface area (Å²) in [6.45, 7) is 6.38. The number of carbonyl (C=O) groups is 2. The van der Waals surface area contributed by atoms with Crippen LogP contribution in [0.2, 0.25) is 0 Å². The molecular formula is C17H23N5O2. The third-order valence-electron chi connectivity index (χ3n) is 3.48. The number of amides is 2. The van der Waals surface area contributed by atoms with E-state index in [4.69, 9.17) is 0 Å². The molecule has 2 aromatic heterocycles. The van der Waals surface area contributed by atoms with Crippen LogP contribution in [0.1, 0.15) is 43.4 Å². The summed E-state index contributed by atoms with van der Waals surface area (Å²) in [6, 6.07) is 5.20. The molecule has 0 fully saturated rings. The van der Waals surface area contributed by atoms with E-state index in [1.165, 1.54) is 0 Å². The molecular weight excluding hydrogens is 306 g/mol. The molecule has 2 amide bonds. The largest absolute Gasteiger partial charge is 0.350 e. The fourth-order valence-electron chi connectivity index (χ4n) is 2.09. The molecule has 0 bridgehead atoms. The first-order chi connectivity index (χ1) is 11.3. The zero-order chi connectivity index (χ0) is 17.7. The molecule has 24 heavy (non-hydrogen) atoms. The summed E-state index contributed by atoms with van der Waals surface area (Å²) in [4.78, 5) is 27.9. The van der Waals surface area contributed by atoms with Crippen LogP contribution in [-0.2, 0) is 17.3 Å². The third kappa shape index (κ3) is 4.65. The van der Waals surface area contributed by atoms with Crippen LogP contribution in [0, 0.1) is 0 Å². The van der Waals surface area contributed by atoms with Crippen molar-refractivity contribution in [2.45, 2.75) is 32.6 Å². The van der Waals surface area contributed by atoms with Crippen LogP contribution in [-0.4, -0.2) is 33.1 Å². The van der Waals surface area contributed by atoms with Crippen molar-refractivity contribution in [1.82, 2.24) is 20.1 Å². The zero-order valence-corrected chi connectivity index (χ0v) is 14.5. The number of aryl methyl sites for hydroxylation is 1. The van der Waals surface area contributed by atoms with Gasteiger partial charge in [0, 0.05) is 43.5 Å². The normalized spacial score (nSPS) is 11.2. The summed E-state index contributed by atoms with van der Waals surface area (Å²) in [7, 11) is 1.74. The van der Waals surface area contributed by atoms with Gasteiger partial charge in [0.25, 0.3) is 5.91 Å². The van der Waals surface area contributed by atoms with E-state index in [-0.39, 0.29) is 30.2 Å². The summed E-state index contributed by atoms with van der Waals surface area (Å²) < 4.78 is 1.56. The molecule has 2 heterocycles. The van der Waals surface area contributed by atoms with Gasteiger partial charge in [-0.2, -0.15) is 5.10 Å². The molecule has 7 nitrogen and oxygen atoms in total. The lowest BCUT2D eigenvalue weighted by atomic mass is 9.92. The van der Waals surface area contributed by atoms with Crippen LogP contribution in [0.4, 0.5) is 5.69 Å². The van der Waals surface area contributed by atoms with Gasteiger partial charge < -0.3 is 10.6 Å². The minimum Gasteiger partial charge on any atom is -0.350 e. The van der Waals surface area contributed by atoms with Gasteiger partial charge in [-0.05, 0) is 18.2 Å². The molecule has 0 aliphatic heterocycles. The fraction of sp³-hybridized carbons (Fsp3) is 0.412. The van der Waals surface area contributed by atoms with Crippen molar-refractivity contribution in [3.63, 3.8) is 0 Å². The summed E-state index contributed by atoms with van der Waals surface area (Å²) in [6.07, 6.45) is 3.40. The van der Waals surface area contributed by atoms with Crippen molar-refractivity contribution < 1.29 is 9.59 Å². The number of aromatic nitrogens is 3. The topological polar surface area (TPSA) is 88.9 Å².